The lowest BCUT2D eigenvalue weighted by atomic mass is 9.75. The van der Waals surface area contributed by atoms with E-state index in [9.17, 15) is 8.42 Å². The molecule has 4 nitrogen and oxygen atoms in total. The van der Waals surface area contributed by atoms with E-state index in [0.717, 1.165) is 25.7 Å². The van der Waals surface area contributed by atoms with Gasteiger partial charge in [-0.3, -0.25) is 0 Å². The molecule has 0 bridgehead atoms. The molecule has 0 amide bonds. The van der Waals surface area contributed by atoms with E-state index >= 15 is 0 Å². The molecule has 0 aromatic heterocycles. The van der Waals surface area contributed by atoms with Gasteiger partial charge in [-0.15, -0.1) is 0 Å². The summed E-state index contributed by atoms with van der Waals surface area (Å²) in [6, 6.07) is 4.43. The molecule has 1 aromatic carbocycles. The van der Waals surface area contributed by atoms with Crippen molar-refractivity contribution in [2.75, 3.05) is 5.73 Å². The summed E-state index contributed by atoms with van der Waals surface area (Å²) in [5.74, 6) is 0. The third-order valence-corrected chi connectivity index (χ3v) is 5.78. The van der Waals surface area contributed by atoms with E-state index in [1.165, 1.54) is 12.1 Å². The highest BCUT2D eigenvalue weighted by Crippen LogP contribution is 2.36. The van der Waals surface area contributed by atoms with Crippen LogP contribution in [-0.2, 0) is 10.0 Å². The van der Waals surface area contributed by atoms with Gasteiger partial charge in [-0.25, -0.2) is 13.1 Å². The van der Waals surface area contributed by atoms with Gasteiger partial charge >= 0.3 is 0 Å². The minimum absolute atomic E-state index is 0.0302. The number of rotatable bonds is 3. The van der Waals surface area contributed by atoms with Gasteiger partial charge in [0.1, 0.15) is 4.90 Å². The molecule has 0 heterocycles. The second-order valence-corrected chi connectivity index (χ2v) is 8.36. The lowest BCUT2D eigenvalue weighted by Crippen LogP contribution is -2.40. The molecule has 0 saturated heterocycles. The van der Waals surface area contributed by atoms with Crippen molar-refractivity contribution in [1.82, 2.24) is 4.72 Å². The van der Waals surface area contributed by atoms with Gasteiger partial charge in [0, 0.05) is 11.7 Å². The lowest BCUT2D eigenvalue weighted by molar-refractivity contribution is 0.212. The first kappa shape index (κ1) is 15.6. The standard InChI is InChI=1S/C14H21ClN2O2S/c1-14(2)7-3-4-11(9-14)17-20(18,19)13-6-5-10(16)8-12(13)15/h5-6,8,11,17H,3-4,7,9,16H2,1-2H3. The van der Waals surface area contributed by atoms with Gasteiger partial charge in [-0.1, -0.05) is 31.9 Å². The zero-order chi connectivity index (χ0) is 15.0. The van der Waals surface area contributed by atoms with Gasteiger partial charge in [0.2, 0.25) is 10.0 Å². The number of halogens is 1. The number of nitrogens with one attached hydrogen (secondary N) is 1. The van der Waals surface area contributed by atoms with Crippen molar-refractivity contribution in [1.29, 1.82) is 0 Å². The molecule has 0 spiro atoms. The summed E-state index contributed by atoms with van der Waals surface area (Å²) < 4.78 is 27.6. The van der Waals surface area contributed by atoms with Crippen LogP contribution in [0.4, 0.5) is 5.69 Å². The lowest BCUT2D eigenvalue weighted by Gasteiger charge is -2.35. The third-order valence-electron chi connectivity index (χ3n) is 3.77. The summed E-state index contributed by atoms with van der Waals surface area (Å²) in [6.07, 6.45) is 3.89. The number of anilines is 1. The normalized spacial score (nSPS) is 22.6. The maximum atomic E-state index is 12.4. The summed E-state index contributed by atoms with van der Waals surface area (Å²) in [4.78, 5) is 0.0942. The molecular weight excluding hydrogens is 296 g/mol. The number of hydrogen-bond acceptors (Lipinski definition) is 3. The summed E-state index contributed by atoms with van der Waals surface area (Å²) in [5.41, 5.74) is 6.22. The third kappa shape index (κ3) is 3.65. The first-order chi connectivity index (χ1) is 9.20. The number of sulfonamides is 1. The summed E-state index contributed by atoms with van der Waals surface area (Å²) in [6.45, 7) is 4.34. The average Bonchev–Trinajstić information content (AvgIpc) is 2.25. The highest BCUT2D eigenvalue weighted by molar-refractivity contribution is 7.89. The molecular formula is C14H21ClN2O2S. The van der Waals surface area contributed by atoms with Crippen LogP contribution in [0.5, 0.6) is 0 Å². The largest absolute Gasteiger partial charge is 0.399 e. The molecule has 1 aliphatic carbocycles. The number of nitrogens with two attached hydrogens (primary N) is 1. The second-order valence-electron chi connectivity index (χ2n) is 6.27. The zero-order valence-electron chi connectivity index (χ0n) is 11.8. The molecule has 0 radical (unpaired) electrons. The van der Waals surface area contributed by atoms with Crippen LogP contribution < -0.4 is 10.5 Å². The predicted octanol–water partition coefficient (Wildman–Crippen LogP) is 3.17. The summed E-state index contributed by atoms with van der Waals surface area (Å²) >= 11 is 5.99. The molecule has 3 N–H and O–H groups in total. The molecule has 1 saturated carbocycles. The fourth-order valence-electron chi connectivity index (χ4n) is 2.82. The van der Waals surface area contributed by atoms with Crippen molar-refractivity contribution >= 4 is 27.3 Å². The molecule has 1 atom stereocenters. The fraction of sp³-hybridized carbons (Fsp3) is 0.571. The Balaban J connectivity index is 2.19. The number of hydrogen-bond donors (Lipinski definition) is 2. The topological polar surface area (TPSA) is 72.2 Å². The van der Waals surface area contributed by atoms with Crippen molar-refractivity contribution in [3.05, 3.63) is 23.2 Å². The van der Waals surface area contributed by atoms with Crippen LogP contribution >= 0.6 is 11.6 Å². The van der Waals surface area contributed by atoms with Crippen LogP contribution in [-0.4, -0.2) is 14.5 Å². The Kier molecular flexibility index (Phi) is 4.33. The monoisotopic (exact) mass is 316 g/mol. The van der Waals surface area contributed by atoms with E-state index in [4.69, 9.17) is 17.3 Å². The Hall–Kier alpha value is -0.780. The predicted molar refractivity (Wildman–Crippen MR) is 82.2 cm³/mol. The fourth-order valence-corrected chi connectivity index (χ4v) is 4.64. The van der Waals surface area contributed by atoms with Gasteiger partial charge in [-0.2, -0.15) is 0 Å². The van der Waals surface area contributed by atoms with Crippen LogP contribution in [0.3, 0.4) is 0 Å². The van der Waals surface area contributed by atoms with Gasteiger partial charge in [-0.05, 0) is 42.9 Å². The Labute approximate surface area is 125 Å². The highest BCUT2D eigenvalue weighted by atomic mass is 35.5. The quantitative estimate of drug-likeness (QED) is 0.841. The van der Waals surface area contributed by atoms with E-state index in [1.807, 2.05) is 0 Å². The van der Waals surface area contributed by atoms with Crippen LogP contribution in [0.2, 0.25) is 5.02 Å². The molecule has 1 aliphatic rings. The van der Waals surface area contributed by atoms with Crippen molar-refractivity contribution in [3.63, 3.8) is 0 Å². The van der Waals surface area contributed by atoms with Crippen LogP contribution in [0.1, 0.15) is 39.5 Å². The molecule has 2 rings (SSSR count). The summed E-state index contributed by atoms with van der Waals surface area (Å²) in [5, 5.41) is 0.160. The minimum Gasteiger partial charge on any atom is -0.399 e. The smallest absolute Gasteiger partial charge is 0.242 e. The van der Waals surface area contributed by atoms with Crippen molar-refractivity contribution in [2.45, 2.75) is 50.5 Å². The van der Waals surface area contributed by atoms with Crippen LogP contribution in [0.15, 0.2) is 23.1 Å². The Morgan fingerprint density at radius 2 is 2.10 bits per heavy atom. The van der Waals surface area contributed by atoms with Gasteiger partial charge in [0.25, 0.3) is 0 Å². The molecule has 20 heavy (non-hydrogen) atoms. The number of benzene rings is 1. The van der Waals surface area contributed by atoms with Crippen molar-refractivity contribution in [2.24, 2.45) is 5.41 Å². The Bertz CT molecular complexity index is 599. The average molecular weight is 317 g/mol. The van der Waals surface area contributed by atoms with Gasteiger partial charge in [0.15, 0.2) is 0 Å². The molecule has 1 unspecified atom stereocenters. The van der Waals surface area contributed by atoms with E-state index in [-0.39, 0.29) is 21.4 Å². The SMILES string of the molecule is CC1(C)CCCC(NS(=O)(=O)c2ccc(N)cc2Cl)C1. The molecule has 1 fully saturated rings. The maximum absolute atomic E-state index is 12.4. The molecule has 6 heteroatoms. The first-order valence-electron chi connectivity index (χ1n) is 6.77. The second kappa shape index (κ2) is 5.54. The number of nitrogen functional groups attached to an aromatic ring is 1. The van der Waals surface area contributed by atoms with Crippen molar-refractivity contribution < 1.29 is 8.42 Å². The van der Waals surface area contributed by atoms with E-state index in [2.05, 4.69) is 18.6 Å². The van der Waals surface area contributed by atoms with Gasteiger partial charge < -0.3 is 5.73 Å². The first-order valence-corrected chi connectivity index (χ1v) is 8.63. The molecule has 1 aromatic rings. The van der Waals surface area contributed by atoms with Crippen LogP contribution in [0, 0.1) is 5.41 Å². The van der Waals surface area contributed by atoms with Crippen LogP contribution in [0.25, 0.3) is 0 Å². The van der Waals surface area contributed by atoms with Crippen molar-refractivity contribution in [3.8, 4) is 0 Å². The summed E-state index contributed by atoms with van der Waals surface area (Å²) in [7, 11) is -3.60. The van der Waals surface area contributed by atoms with E-state index < -0.39 is 10.0 Å². The van der Waals surface area contributed by atoms with Gasteiger partial charge in [0.05, 0.1) is 5.02 Å². The zero-order valence-corrected chi connectivity index (χ0v) is 13.4. The molecule has 112 valence electrons. The molecule has 0 aliphatic heterocycles. The Morgan fingerprint density at radius 1 is 1.40 bits per heavy atom. The Morgan fingerprint density at radius 3 is 2.70 bits per heavy atom. The van der Waals surface area contributed by atoms with E-state index in [1.54, 1.807) is 6.07 Å². The minimum atomic E-state index is -3.60. The van der Waals surface area contributed by atoms with E-state index in [0.29, 0.717) is 5.69 Å². The highest BCUT2D eigenvalue weighted by Gasteiger charge is 2.31. The maximum Gasteiger partial charge on any atom is 0.242 e.